The van der Waals surface area contributed by atoms with Crippen molar-refractivity contribution in [2.24, 2.45) is 10.8 Å². The summed E-state index contributed by atoms with van der Waals surface area (Å²) in [6, 6.07) is 18.0. The number of pyridine rings is 1. The Labute approximate surface area is 212 Å². The quantitative estimate of drug-likeness (QED) is 0.181. The molecule has 3 nitrogen and oxygen atoms in total. The molecule has 1 radical (unpaired) electrons. The minimum Gasteiger partial charge on any atom is -0.512 e. The Kier molecular flexibility index (Phi) is 9.78. The molecule has 0 fully saturated rings. The van der Waals surface area contributed by atoms with Crippen molar-refractivity contribution in [1.82, 2.24) is 4.98 Å². The van der Waals surface area contributed by atoms with Gasteiger partial charge in [-0.1, -0.05) is 72.2 Å². The van der Waals surface area contributed by atoms with Crippen molar-refractivity contribution in [2.75, 3.05) is 0 Å². The third-order valence-electron chi connectivity index (χ3n) is 5.15. The van der Waals surface area contributed by atoms with E-state index in [0.717, 1.165) is 16.8 Å². The molecule has 0 spiro atoms. The van der Waals surface area contributed by atoms with Crippen LogP contribution in [0.25, 0.3) is 22.2 Å². The maximum absolute atomic E-state index is 11.5. The summed E-state index contributed by atoms with van der Waals surface area (Å²) < 4.78 is 0. The van der Waals surface area contributed by atoms with Gasteiger partial charge in [0.1, 0.15) is 5.76 Å². The van der Waals surface area contributed by atoms with Crippen LogP contribution in [0.3, 0.4) is 0 Å². The first-order valence-corrected chi connectivity index (χ1v) is 11.0. The number of benzene rings is 2. The number of aromatic nitrogens is 1. The van der Waals surface area contributed by atoms with E-state index < -0.39 is 5.41 Å². The van der Waals surface area contributed by atoms with Crippen LogP contribution in [0, 0.1) is 37.7 Å². The predicted octanol–water partition coefficient (Wildman–Crippen LogP) is 7.71. The van der Waals surface area contributed by atoms with E-state index in [2.05, 4.69) is 63.2 Å². The summed E-state index contributed by atoms with van der Waals surface area (Å²) >= 11 is 0. The number of carbonyl (C=O) groups excluding carboxylic acids is 1. The zero-order valence-corrected chi connectivity index (χ0v) is 23.6. The van der Waals surface area contributed by atoms with Crippen molar-refractivity contribution < 1.29 is 30.0 Å². The van der Waals surface area contributed by atoms with E-state index in [1.54, 1.807) is 0 Å². The number of aliphatic hydroxyl groups excluding tert-OH is 1. The van der Waals surface area contributed by atoms with Crippen LogP contribution in [0.5, 0.6) is 0 Å². The number of hydrogen-bond donors (Lipinski definition) is 1. The molecule has 0 saturated carbocycles. The maximum Gasteiger partial charge on any atom is 0.164 e. The Balaban J connectivity index is 0.000000346. The number of allylic oxidation sites excluding steroid dienone is 2. The van der Waals surface area contributed by atoms with Crippen LogP contribution >= 0.6 is 0 Å². The fourth-order valence-corrected chi connectivity index (χ4v) is 2.93. The Morgan fingerprint density at radius 2 is 1.52 bits per heavy atom. The van der Waals surface area contributed by atoms with Crippen molar-refractivity contribution in [3.63, 3.8) is 0 Å². The van der Waals surface area contributed by atoms with E-state index in [9.17, 15) is 9.90 Å². The molecule has 179 valence electrons. The average molecular weight is 623 g/mol. The summed E-state index contributed by atoms with van der Waals surface area (Å²) in [5, 5.41) is 10.8. The maximum atomic E-state index is 11.5. The van der Waals surface area contributed by atoms with Crippen LogP contribution in [0.1, 0.15) is 58.2 Å². The van der Waals surface area contributed by atoms with Crippen molar-refractivity contribution in [3.05, 3.63) is 77.1 Å². The topological polar surface area (TPSA) is 50.2 Å². The molecule has 0 bridgehead atoms. The Morgan fingerprint density at radius 1 is 0.909 bits per heavy atom. The molecular formula is C29H36IrNO2-. The van der Waals surface area contributed by atoms with Crippen LogP contribution in [0.15, 0.2) is 54.3 Å². The number of ketones is 1. The predicted molar refractivity (Wildman–Crippen MR) is 135 cm³/mol. The third-order valence-corrected chi connectivity index (χ3v) is 5.15. The number of carbonyl (C=O) groups is 1. The van der Waals surface area contributed by atoms with Crippen LogP contribution in [-0.2, 0) is 24.9 Å². The van der Waals surface area contributed by atoms with Crippen LogP contribution in [0.2, 0.25) is 0 Å². The Bertz CT molecular complexity index is 1150. The van der Waals surface area contributed by atoms with Crippen molar-refractivity contribution in [3.8, 4) is 11.3 Å². The van der Waals surface area contributed by atoms with Gasteiger partial charge in [0.25, 0.3) is 0 Å². The van der Waals surface area contributed by atoms with Gasteiger partial charge in [0.2, 0.25) is 0 Å². The fraction of sp³-hybridized carbons (Fsp3) is 0.379. The molecule has 0 aliphatic carbocycles. The molecule has 0 saturated heterocycles. The van der Waals surface area contributed by atoms with Gasteiger partial charge in [0.05, 0.1) is 5.52 Å². The average Bonchev–Trinajstić information content (AvgIpc) is 2.66. The molecule has 3 aromatic rings. The zero-order valence-electron chi connectivity index (χ0n) is 21.3. The smallest absolute Gasteiger partial charge is 0.164 e. The van der Waals surface area contributed by atoms with Gasteiger partial charge in [-0.2, -0.15) is 0 Å². The molecule has 2 aromatic carbocycles. The molecule has 1 N–H and O–H groups in total. The largest absolute Gasteiger partial charge is 0.512 e. The van der Waals surface area contributed by atoms with Crippen molar-refractivity contribution in [1.29, 1.82) is 0 Å². The third kappa shape index (κ3) is 8.21. The van der Waals surface area contributed by atoms with Crippen LogP contribution in [-0.4, -0.2) is 15.9 Å². The first-order valence-electron chi connectivity index (χ1n) is 11.0. The molecule has 1 aromatic heterocycles. The minimum atomic E-state index is -0.417. The molecule has 0 aliphatic heterocycles. The monoisotopic (exact) mass is 623 g/mol. The van der Waals surface area contributed by atoms with E-state index in [4.69, 9.17) is 4.98 Å². The van der Waals surface area contributed by atoms with Crippen LogP contribution < -0.4 is 0 Å². The number of aliphatic hydroxyl groups is 1. The first kappa shape index (κ1) is 28.7. The number of aryl methyl sites for hydroxylation is 3. The van der Waals surface area contributed by atoms with Crippen molar-refractivity contribution >= 4 is 16.7 Å². The number of rotatable bonds is 2. The number of fused-ring (bicyclic) bond motifs is 1. The van der Waals surface area contributed by atoms with Gasteiger partial charge in [-0.25, -0.2) is 0 Å². The number of hydrogen-bond acceptors (Lipinski definition) is 3. The van der Waals surface area contributed by atoms with E-state index in [0.29, 0.717) is 0 Å². The van der Waals surface area contributed by atoms with Gasteiger partial charge in [0, 0.05) is 37.0 Å². The molecular weight excluding hydrogens is 587 g/mol. The van der Waals surface area contributed by atoms with Gasteiger partial charge in [-0.3, -0.25) is 9.78 Å². The first-order chi connectivity index (χ1) is 14.7. The molecule has 0 unspecified atom stereocenters. The van der Waals surface area contributed by atoms with Gasteiger partial charge in [-0.15, -0.1) is 35.4 Å². The molecule has 1 heterocycles. The van der Waals surface area contributed by atoms with E-state index in [1.165, 1.54) is 28.2 Å². The summed E-state index contributed by atoms with van der Waals surface area (Å²) in [7, 11) is 0. The molecule has 4 heteroatoms. The van der Waals surface area contributed by atoms with E-state index in [-0.39, 0.29) is 37.1 Å². The summed E-state index contributed by atoms with van der Waals surface area (Å²) in [6.07, 6.45) is 1.33. The summed E-state index contributed by atoms with van der Waals surface area (Å²) in [5.41, 5.74) is 6.05. The SMILES string of the molecule is CC(C)(C)C(=O)/C=C(\O)C(C)(C)C.Cc1cc[c-]c(-c2nc3cc(C)ccc3cc2C)c1.[Ir]. The minimum absolute atomic E-state index is 0. The summed E-state index contributed by atoms with van der Waals surface area (Å²) in [5.74, 6) is 0.104. The Morgan fingerprint density at radius 3 is 2.06 bits per heavy atom. The Hall–Kier alpha value is -2.29. The van der Waals surface area contributed by atoms with Gasteiger partial charge in [0.15, 0.2) is 5.78 Å². The molecule has 3 rings (SSSR count). The van der Waals surface area contributed by atoms with Gasteiger partial charge >= 0.3 is 0 Å². The normalized spacial score (nSPS) is 12.0. The summed E-state index contributed by atoms with van der Waals surface area (Å²) in [6.45, 7) is 17.4. The second kappa shape index (κ2) is 11.2. The van der Waals surface area contributed by atoms with Crippen LogP contribution in [0.4, 0.5) is 0 Å². The molecule has 33 heavy (non-hydrogen) atoms. The molecule has 0 atom stereocenters. The number of nitrogens with zero attached hydrogens (tertiary/aromatic N) is 1. The fourth-order valence-electron chi connectivity index (χ4n) is 2.93. The van der Waals surface area contributed by atoms with Gasteiger partial charge in [-0.05, 0) is 36.6 Å². The molecule has 0 amide bonds. The van der Waals surface area contributed by atoms with E-state index >= 15 is 0 Å². The standard InChI is InChI=1S/C18H16N.C11H20O2.Ir/c1-12-5-4-6-16(9-12)18-14(3)11-15-8-7-13(2)10-17(15)19-18;1-10(2,3)8(12)7-9(13)11(4,5)6;/h4-5,7-11H,1-3H3;7,12H,1-6H3;/q-1;;/b;8-7-;. The second-order valence-electron chi connectivity index (χ2n) is 10.5. The zero-order chi connectivity index (χ0) is 24.3. The van der Waals surface area contributed by atoms with E-state index in [1.807, 2.05) is 47.6 Å². The second-order valence-corrected chi connectivity index (χ2v) is 10.5. The summed E-state index contributed by atoms with van der Waals surface area (Å²) in [4.78, 5) is 16.3. The molecule has 0 aliphatic rings. The van der Waals surface area contributed by atoms with Crippen molar-refractivity contribution in [2.45, 2.75) is 62.3 Å². The van der Waals surface area contributed by atoms with Gasteiger partial charge < -0.3 is 5.11 Å².